The van der Waals surface area contributed by atoms with E-state index in [0.29, 0.717) is 16.8 Å². The minimum absolute atomic E-state index is 0.0494. The summed E-state index contributed by atoms with van der Waals surface area (Å²) >= 11 is 0. The number of halogens is 1. The summed E-state index contributed by atoms with van der Waals surface area (Å²) in [5.74, 6) is -1.91. The molecule has 0 radical (unpaired) electrons. The Balaban J connectivity index is 1.50. The second-order valence-electron chi connectivity index (χ2n) is 6.44. The number of fused-ring (bicyclic) bond motifs is 2. The van der Waals surface area contributed by atoms with Gasteiger partial charge in [-0.1, -0.05) is 12.1 Å². The van der Waals surface area contributed by atoms with Crippen molar-refractivity contribution in [3.8, 4) is 0 Å². The summed E-state index contributed by atoms with van der Waals surface area (Å²) in [5.41, 5.74) is 1.20. The maximum atomic E-state index is 13.4. The topological polar surface area (TPSA) is 74.8 Å². The Morgan fingerprint density at radius 2 is 1.63 bits per heavy atom. The molecule has 0 bridgehead atoms. The number of hydrogen-bond donors (Lipinski definition) is 0. The molecule has 2 heterocycles. The molecule has 27 heavy (non-hydrogen) atoms. The third-order valence-electron chi connectivity index (χ3n) is 4.84. The number of carbonyl (C=O) groups excluding carboxylic acids is 4. The van der Waals surface area contributed by atoms with Crippen LogP contribution in [0.25, 0.3) is 0 Å². The summed E-state index contributed by atoms with van der Waals surface area (Å²) < 4.78 is 13.4. The first-order chi connectivity index (χ1) is 13.0. The number of ketones is 1. The lowest BCUT2D eigenvalue weighted by Crippen LogP contribution is -2.40. The summed E-state index contributed by atoms with van der Waals surface area (Å²) in [4.78, 5) is 51.9. The van der Waals surface area contributed by atoms with Crippen LogP contribution in [-0.4, -0.2) is 41.5 Å². The highest BCUT2D eigenvalue weighted by molar-refractivity contribution is 6.21. The molecule has 2 aromatic carbocycles. The van der Waals surface area contributed by atoms with Crippen LogP contribution in [0.3, 0.4) is 0 Å². The largest absolute Gasteiger partial charge is 0.311 e. The molecule has 0 saturated carbocycles. The molecule has 136 valence electrons. The molecule has 0 unspecified atom stereocenters. The number of amides is 3. The van der Waals surface area contributed by atoms with Crippen molar-refractivity contribution in [3.63, 3.8) is 0 Å². The SMILES string of the molecule is O=C1CCN(C(=O)CCN2C(=O)c3ccccc3C2=O)c2ccc(F)cc21. The monoisotopic (exact) mass is 366 g/mol. The highest BCUT2D eigenvalue weighted by Crippen LogP contribution is 2.29. The Labute approximate surface area is 154 Å². The van der Waals surface area contributed by atoms with Crippen LogP contribution in [0.2, 0.25) is 0 Å². The molecule has 2 aromatic rings. The Hall–Kier alpha value is -3.35. The van der Waals surface area contributed by atoms with Gasteiger partial charge in [-0.05, 0) is 30.3 Å². The van der Waals surface area contributed by atoms with Crippen molar-refractivity contribution < 1.29 is 23.6 Å². The van der Waals surface area contributed by atoms with Gasteiger partial charge in [-0.25, -0.2) is 4.39 Å². The molecule has 0 N–H and O–H groups in total. The molecular weight excluding hydrogens is 351 g/mol. The maximum Gasteiger partial charge on any atom is 0.261 e. The van der Waals surface area contributed by atoms with Crippen molar-refractivity contribution in [1.29, 1.82) is 0 Å². The van der Waals surface area contributed by atoms with E-state index in [4.69, 9.17) is 0 Å². The maximum absolute atomic E-state index is 13.4. The number of hydrogen-bond acceptors (Lipinski definition) is 4. The van der Waals surface area contributed by atoms with E-state index in [2.05, 4.69) is 0 Å². The van der Waals surface area contributed by atoms with Crippen LogP contribution in [0.15, 0.2) is 42.5 Å². The number of anilines is 1. The predicted molar refractivity (Wildman–Crippen MR) is 94.1 cm³/mol. The normalized spacial score (nSPS) is 15.8. The quantitative estimate of drug-likeness (QED) is 0.782. The molecule has 0 saturated heterocycles. The van der Waals surface area contributed by atoms with Gasteiger partial charge in [-0.2, -0.15) is 0 Å². The lowest BCUT2D eigenvalue weighted by atomic mass is 10.00. The summed E-state index contributed by atoms with van der Waals surface area (Å²) in [6.07, 6.45) is 0.0334. The van der Waals surface area contributed by atoms with E-state index in [-0.39, 0.29) is 43.2 Å². The highest BCUT2D eigenvalue weighted by atomic mass is 19.1. The molecule has 3 amide bonds. The van der Waals surface area contributed by atoms with Gasteiger partial charge in [0.2, 0.25) is 5.91 Å². The first kappa shape index (κ1) is 17.1. The lowest BCUT2D eigenvalue weighted by molar-refractivity contribution is -0.118. The molecule has 4 rings (SSSR count). The van der Waals surface area contributed by atoms with Gasteiger partial charge in [0.05, 0.1) is 16.8 Å². The Morgan fingerprint density at radius 3 is 2.30 bits per heavy atom. The van der Waals surface area contributed by atoms with Gasteiger partial charge in [0.15, 0.2) is 5.78 Å². The molecular formula is C20H15FN2O4. The van der Waals surface area contributed by atoms with Crippen LogP contribution in [0.4, 0.5) is 10.1 Å². The van der Waals surface area contributed by atoms with Crippen molar-refractivity contribution in [3.05, 3.63) is 65.0 Å². The number of rotatable bonds is 3. The number of Topliss-reactive ketones (excluding diaryl/α,β-unsaturated/α-hetero) is 1. The summed E-state index contributed by atoms with van der Waals surface area (Å²) in [7, 11) is 0. The molecule has 0 fully saturated rings. The van der Waals surface area contributed by atoms with Crippen LogP contribution >= 0.6 is 0 Å². The van der Waals surface area contributed by atoms with Crippen molar-refractivity contribution in [2.45, 2.75) is 12.8 Å². The van der Waals surface area contributed by atoms with E-state index in [0.717, 1.165) is 11.0 Å². The predicted octanol–water partition coefficient (Wildman–Crippen LogP) is 2.43. The first-order valence-corrected chi connectivity index (χ1v) is 8.55. The molecule has 2 aliphatic heterocycles. The van der Waals surface area contributed by atoms with Crippen LogP contribution in [0, 0.1) is 5.82 Å². The standard InChI is InChI=1S/C20H15FN2O4/c21-12-5-6-16-15(11-12)17(24)7-9-22(16)18(25)8-10-23-19(26)13-3-1-2-4-14(13)20(23)27/h1-6,11H,7-10H2. The first-order valence-electron chi connectivity index (χ1n) is 8.55. The Morgan fingerprint density at radius 1 is 0.963 bits per heavy atom. The molecule has 7 heteroatoms. The van der Waals surface area contributed by atoms with Gasteiger partial charge < -0.3 is 4.90 Å². The van der Waals surface area contributed by atoms with E-state index in [1.165, 1.54) is 17.0 Å². The van der Waals surface area contributed by atoms with Gasteiger partial charge in [0.1, 0.15) is 5.82 Å². The van der Waals surface area contributed by atoms with Crippen LogP contribution in [0.1, 0.15) is 43.9 Å². The molecule has 0 atom stereocenters. The average Bonchev–Trinajstić information content (AvgIpc) is 2.91. The van der Waals surface area contributed by atoms with Gasteiger partial charge in [0, 0.05) is 31.5 Å². The van der Waals surface area contributed by atoms with Gasteiger partial charge >= 0.3 is 0 Å². The van der Waals surface area contributed by atoms with Gasteiger partial charge in [-0.15, -0.1) is 0 Å². The third kappa shape index (κ3) is 2.81. The van der Waals surface area contributed by atoms with E-state index < -0.39 is 17.6 Å². The molecule has 0 spiro atoms. The zero-order valence-electron chi connectivity index (χ0n) is 14.3. The van der Waals surface area contributed by atoms with Gasteiger partial charge in [0.25, 0.3) is 11.8 Å². The lowest BCUT2D eigenvalue weighted by Gasteiger charge is -2.29. The third-order valence-corrected chi connectivity index (χ3v) is 4.84. The van der Waals surface area contributed by atoms with Crippen LogP contribution < -0.4 is 4.90 Å². The number of nitrogens with zero attached hydrogens (tertiary/aromatic N) is 2. The highest BCUT2D eigenvalue weighted by Gasteiger charge is 2.36. The van der Waals surface area contributed by atoms with Crippen molar-refractivity contribution in [1.82, 2.24) is 4.90 Å². The van der Waals surface area contributed by atoms with Crippen molar-refractivity contribution >= 4 is 29.2 Å². The fraction of sp³-hybridized carbons (Fsp3) is 0.200. The van der Waals surface area contributed by atoms with Gasteiger partial charge in [-0.3, -0.25) is 24.1 Å². The average molecular weight is 366 g/mol. The van der Waals surface area contributed by atoms with E-state index in [1.54, 1.807) is 24.3 Å². The van der Waals surface area contributed by atoms with E-state index >= 15 is 0 Å². The Kier molecular flexibility index (Phi) is 4.07. The number of imide groups is 1. The molecule has 2 aliphatic rings. The number of benzene rings is 2. The zero-order valence-corrected chi connectivity index (χ0v) is 14.3. The number of carbonyl (C=O) groups is 4. The smallest absolute Gasteiger partial charge is 0.261 e. The van der Waals surface area contributed by atoms with Crippen LogP contribution in [0.5, 0.6) is 0 Å². The molecule has 6 nitrogen and oxygen atoms in total. The van der Waals surface area contributed by atoms with Crippen LogP contribution in [-0.2, 0) is 4.79 Å². The van der Waals surface area contributed by atoms with Crippen molar-refractivity contribution in [2.75, 3.05) is 18.0 Å². The van der Waals surface area contributed by atoms with Crippen molar-refractivity contribution in [2.24, 2.45) is 0 Å². The fourth-order valence-electron chi connectivity index (χ4n) is 3.48. The van der Waals surface area contributed by atoms with E-state index in [1.807, 2.05) is 0 Å². The molecule has 0 aliphatic carbocycles. The minimum Gasteiger partial charge on any atom is -0.311 e. The fourth-order valence-corrected chi connectivity index (χ4v) is 3.48. The van der Waals surface area contributed by atoms with E-state index in [9.17, 15) is 23.6 Å². The Bertz CT molecular complexity index is 966. The zero-order chi connectivity index (χ0) is 19.1. The summed E-state index contributed by atoms with van der Waals surface area (Å²) in [5, 5.41) is 0. The minimum atomic E-state index is -0.539. The second-order valence-corrected chi connectivity index (χ2v) is 6.44. The second kappa shape index (κ2) is 6.42. The molecule has 0 aromatic heterocycles. The summed E-state index contributed by atoms with van der Waals surface area (Å²) in [6.45, 7) is 0.143. The summed E-state index contributed by atoms with van der Waals surface area (Å²) in [6, 6.07) is 10.3.